The lowest BCUT2D eigenvalue weighted by Gasteiger charge is -2.44. The van der Waals surface area contributed by atoms with E-state index in [2.05, 4.69) is 0 Å². The average Bonchev–Trinajstić information content (AvgIpc) is 2.15. The van der Waals surface area contributed by atoms with Crippen molar-refractivity contribution in [3.8, 4) is 0 Å². The van der Waals surface area contributed by atoms with E-state index in [0.29, 0.717) is 6.54 Å². The molecule has 0 aromatic carbocycles. The minimum Gasteiger partial charge on any atom is -0.480 e. The molecule has 0 spiro atoms. The van der Waals surface area contributed by atoms with Crippen LogP contribution < -0.4 is 0 Å². The highest BCUT2D eigenvalue weighted by molar-refractivity contribution is 5.74. The van der Waals surface area contributed by atoms with Gasteiger partial charge in [0.1, 0.15) is 6.04 Å². The molecule has 0 amide bonds. The highest BCUT2D eigenvalue weighted by atomic mass is 16.5. The smallest absolute Gasteiger partial charge is 0.321 e. The number of likely N-dealkylation sites (tertiary alicyclic amines) is 1. The Kier molecular flexibility index (Phi) is 4.91. The molecule has 0 aromatic rings. The van der Waals surface area contributed by atoms with Gasteiger partial charge in [0.25, 0.3) is 0 Å². The molecule has 1 aliphatic rings. The van der Waals surface area contributed by atoms with Gasteiger partial charge in [0.05, 0.1) is 12.7 Å². The van der Waals surface area contributed by atoms with Crippen LogP contribution in [0.2, 0.25) is 0 Å². The van der Waals surface area contributed by atoms with Crippen LogP contribution in [0, 0.1) is 5.41 Å². The highest BCUT2D eigenvalue weighted by Crippen LogP contribution is 2.35. The Morgan fingerprint density at radius 2 is 2.24 bits per heavy atom. The first-order chi connectivity index (χ1) is 7.88. The van der Waals surface area contributed by atoms with Crippen LogP contribution in [0.1, 0.15) is 26.7 Å². The van der Waals surface area contributed by atoms with E-state index in [-0.39, 0.29) is 12.0 Å². The number of nitrogens with zero attached hydrogens (tertiary/aromatic N) is 1. The fraction of sp³-hybridized carbons (Fsp3) is 0.917. The van der Waals surface area contributed by atoms with Crippen molar-refractivity contribution in [2.75, 3.05) is 26.8 Å². The van der Waals surface area contributed by atoms with Crippen molar-refractivity contribution in [3.05, 3.63) is 0 Å². The molecule has 2 unspecified atom stereocenters. The number of rotatable bonds is 5. The lowest BCUT2D eigenvalue weighted by atomic mass is 9.76. The number of piperidine rings is 1. The normalized spacial score (nSPS) is 26.7. The molecule has 0 radical (unpaired) electrons. The Morgan fingerprint density at radius 3 is 2.76 bits per heavy atom. The predicted molar refractivity (Wildman–Crippen MR) is 63.9 cm³/mol. The molecule has 100 valence electrons. The maximum atomic E-state index is 11.4. The highest BCUT2D eigenvalue weighted by Gasteiger charge is 2.42. The second-order valence-corrected chi connectivity index (χ2v) is 5.44. The zero-order chi connectivity index (χ0) is 13.1. The third kappa shape index (κ3) is 3.66. The molecule has 0 bridgehead atoms. The Balaban J connectivity index is 2.71. The molecule has 0 aliphatic carbocycles. The molecule has 5 heteroatoms. The van der Waals surface area contributed by atoms with Gasteiger partial charge in [-0.05, 0) is 24.8 Å². The number of aliphatic carboxylic acids is 1. The van der Waals surface area contributed by atoms with Gasteiger partial charge in [0.15, 0.2) is 0 Å². The Hall–Kier alpha value is -0.650. The van der Waals surface area contributed by atoms with Crippen molar-refractivity contribution in [2.45, 2.75) is 38.8 Å². The third-order valence-corrected chi connectivity index (χ3v) is 3.41. The van der Waals surface area contributed by atoms with Crippen molar-refractivity contribution in [1.82, 2.24) is 4.90 Å². The SMILES string of the molecule is COCC(O)CN1CCCC(C)(C)C1C(=O)O. The minimum atomic E-state index is -0.806. The number of aliphatic hydroxyl groups excluding tert-OH is 1. The van der Waals surface area contributed by atoms with Gasteiger partial charge in [-0.3, -0.25) is 9.69 Å². The van der Waals surface area contributed by atoms with E-state index in [9.17, 15) is 15.0 Å². The zero-order valence-electron chi connectivity index (χ0n) is 10.8. The number of hydrogen-bond donors (Lipinski definition) is 2. The molecule has 2 N–H and O–H groups in total. The van der Waals surface area contributed by atoms with Crippen molar-refractivity contribution in [2.24, 2.45) is 5.41 Å². The molecule has 1 saturated heterocycles. The van der Waals surface area contributed by atoms with Gasteiger partial charge >= 0.3 is 5.97 Å². The summed E-state index contributed by atoms with van der Waals surface area (Å²) in [5.74, 6) is -0.806. The fourth-order valence-corrected chi connectivity index (χ4v) is 2.70. The van der Waals surface area contributed by atoms with Crippen LogP contribution >= 0.6 is 0 Å². The van der Waals surface area contributed by atoms with Gasteiger partial charge in [-0.2, -0.15) is 0 Å². The quantitative estimate of drug-likeness (QED) is 0.741. The lowest BCUT2D eigenvalue weighted by molar-refractivity contribution is -0.151. The summed E-state index contributed by atoms with van der Waals surface area (Å²) in [6.07, 6.45) is 1.24. The monoisotopic (exact) mass is 245 g/mol. The molecular weight excluding hydrogens is 222 g/mol. The Bertz CT molecular complexity index is 267. The summed E-state index contributed by atoms with van der Waals surface area (Å²) in [6, 6.07) is -0.525. The molecule has 17 heavy (non-hydrogen) atoms. The topological polar surface area (TPSA) is 70.0 Å². The number of β-amino-alcohol motifs (C(OH)–C–C–N with tert-alkyl or cyclic N) is 1. The molecule has 0 aromatic heterocycles. The van der Waals surface area contributed by atoms with E-state index < -0.39 is 18.1 Å². The van der Waals surface area contributed by atoms with Crippen molar-refractivity contribution >= 4 is 5.97 Å². The summed E-state index contributed by atoms with van der Waals surface area (Å²) >= 11 is 0. The van der Waals surface area contributed by atoms with Crippen LogP contribution in [-0.2, 0) is 9.53 Å². The second-order valence-electron chi connectivity index (χ2n) is 5.44. The van der Waals surface area contributed by atoms with E-state index in [1.54, 1.807) is 0 Å². The Labute approximate surface area is 102 Å². The van der Waals surface area contributed by atoms with E-state index in [1.807, 2.05) is 18.7 Å². The molecule has 5 nitrogen and oxygen atoms in total. The van der Waals surface area contributed by atoms with E-state index in [4.69, 9.17) is 4.74 Å². The summed E-state index contributed by atoms with van der Waals surface area (Å²) in [6.45, 7) is 5.26. The van der Waals surface area contributed by atoms with Crippen LogP contribution in [-0.4, -0.2) is 60.0 Å². The van der Waals surface area contributed by atoms with Gasteiger partial charge in [-0.25, -0.2) is 0 Å². The fourth-order valence-electron chi connectivity index (χ4n) is 2.70. The van der Waals surface area contributed by atoms with Crippen molar-refractivity contribution in [3.63, 3.8) is 0 Å². The molecule has 1 rings (SSSR count). The van der Waals surface area contributed by atoms with Crippen LogP contribution in [0.4, 0.5) is 0 Å². The second kappa shape index (κ2) is 5.80. The van der Waals surface area contributed by atoms with Gasteiger partial charge in [0.2, 0.25) is 0 Å². The number of hydrogen-bond acceptors (Lipinski definition) is 4. The van der Waals surface area contributed by atoms with Crippen LogP contribution in [0.25, 0.3) is 0 Å². The minimum absolute atomic E-state index is 0.239. The van der Waals surface area contributed by atoms with Gasteiger partial charge in [0, 0.05) is 13.7 Å². The summed E-state index contributed by atoms with van der Waals surface area (Å²) in [5, 5.41) is 19.0. The first kappa shape index (κ1) is 14.4. The van der Waals surface area contributed by atoms with Gasteiger partial charge < -0.3 is 14.9 Å². The summed E-state index contributed by atoms with van der Waals surface area (Å²) < 4.78 is 4.87. The lowest BCUT2D eigenvalue weighted by Crippen LogP contribution is -2.56. The van der Waals surface area contributed by atoms with E-state index in [1.165, 1.54) is 7.11 Å². The van der Waals surface area contributed by atoms with Crippen LogP contribution in [0.5, 0.6) is 0 Å². The zero-order valence-corrected chi connectivity index (χ0v) is 10.8. The number of ether oxygens (including phenoxy) is 1. The first-order valence-electron chi connectivity index (χ1n) is 6.02. The molecular formula is C12H23NO4. The van der Waals surface area contributed by atoms with Gasteiger partial charge in [-0.15, -0.1) is 0 Å². The first-order valence-corrected chi connectivity index (χ1v) is 6.02. The largest absolute Gasteiger partial charge is 0.480 e. The number of carboxylic acids is 1. The van der Waals surface area contributed by atoms with Crippen molar-refractivity contribution in [1.29, 1.82) is 0 Å². The van der Waals surface area contributed by atoms with Crippen LogP contribution in [0.3, 0.4) is 0 Å². The average molecular weight is 245 g/mol. The summed E-state index contributed by atoms with van der Waals surface area (Å²) in [7, 11) is 1.53. The summed E-state index contributed by atoms with van der Waals surface area (Å²) in [5.41, 5.74) is -0.253. The van der Waals surface area contributed by atoms with Crippen LogP contribution in [0.15, 0.2) is 0 Å². The molecule has 2 atom stereocenters. The summed E-state index contributed by atoms with van der Waals surface area (Å²) in [4.78, 5) is 13.2. The van der Waals surface area contributed by atoms with Crippen molar-refractivity contribution < 1.29 is 19.7 Å². The molecule has 1 aliphatic heterocycles. The molecule has 0 saturated carbocycles. The molecule has 1 fully saturated rings. The Morgan fingerprint density at radius 1 is 1.59 bits per heavy atom. The number of carboxylic acid groups (broad SMARTS) is 1. The van der Waals surface area contributed by atoms with E-state index in [0.717, 1.165) is 19.4 Å². The number of methoxy groups -OCH3 is 1. The maximum absolute atomic E-state index is 11.4. The number of aliphatic hydroxyl groups is 1. The standard InChI is InChI=1S/C12H23NO4/c1-12(2)5-4-6-13(10(12)11(15)16)7-9(14)8-17-3/h9-10,14H,4-8H2,1-3H3,(H,15,16). The van der Waals surface area contributed by atoms with Gasteiger partial charge in [-0.1, -0.05) is 13.8 Å². The number of carbonyl (C=O) groups is 1. The van der Waals surface area contributed by atoms with E-state index >= 15 is 0 Å². The third-order valence-electron chi connectivity index (χ3n) is 3.41. The maximum Gasteiger partial charge on any atom is 0.321 e. The molecule has 1 heterocycles. The predicted octanol–water partition coefficient (Wildman–Crippen LogP) is 0.569.